The van der Waals surface area contributed by atoms with Gasteiger partial charge in [-0.3, -0.25) is 0 Å². The van der Waals surface area contributed by atoms with E-state index in [0.29, 0.717) is 0 Å². The second-order valence-corrected chi connectivity index (χ2v) is 7.46. The summed E-state index contributed by atoms with van der Waals surface area (Å²) in [6.45, 7) is 0. The summed E-state index contributed by atoms with van der Waals surface area (Å²) in [7, 11) is 0. The Bertz CT molecular complexity index is 650. The maximum absolute atomic E-state index is 6.37. The fourth-order valence-electron chi connectivity index (χ4n) is 4.56. The molecular formula is C21H23Cl. The van der Waals surface area contributed by atoms with Crippen molar-refractivity contribution in [2.45, 2.75) is 38.5 Å². The van der Waals surface area contributed by atoms with E-state index in [1.165, 1.54) is 43.2 Å². The van der Waals surface area contributed by atoms with Crippen molar-refractivity contribution in [1.29, 1.82) is 0 Å². The minimum absolute atomic E-state index is 0.787. The van der Waals surface area contributed by atoms with Gasteiger partial charge < -0.3 is 0 Å². The molecule has 0 heterocycles. The number of hydrogen-bond donors (Lipinski definition) is 0. The lowest BCUT2D eigenvalue weighted by Gasteiger charge is -2.41. The van der Waals surface area contributed by atoms with E-state index in [4.69, 9.17) is 11.6 Å². The van der Waals surface area contributed by atoms with Gasteiger partial charge in [-0.05, 0) is 73.5 Å². The van der Waals surface area contributed by atoms with Crippen LogP contribution in [0.25, 0.3) is 0 Å². The number of benzene rings is 1. The molecular weight excluding hydrogens is 288 g/mol. The van der Waals surface area contributed by atoms with Crippen LogP contribution in [0.15, 0.2) is 59.7 Å². The van der Waals surface area contributed by atoms with Crippen molar-refractivity contribution in [1.82, 2.24) is 0 Å². The number of hydrogen-bond acceptors (Lipinski definition) is 0. The Morgan fingerprint density at radius 1 is 0.955 bits per heavy atom. The van der Waals surface area contributed by atoms with Gasteiger partial charge in [0.15, 0.2) is 0 Å². The minimum atomic E-state index is 0.787. The molecule has 3 aliphatic carbocycles. The van der Waals surface area contributed by atoms with Crippen LogP contribution < -0.4 is 0 Å². The average molecular weight is 311 g/mol. The molecule has 0 saturated heterocycles. The van der Waals surface area contributed by atoms with Crippen molar-refractivity contribution in [3.05, 3.63) is 70.3 Å². The normalized spacial score (nSPS) is 30.1. The van der Waals surface area contributed by atoms with Crippen LogP contribution in [0.4, 0.5) is 0 Å². The number of halogens is 1. The third kappa shape index (κ3) is 2.70. The van der Waals surface area contributed by atoms with Crippen LogP contribution >= 0.6 is 11.6 Å². The van der Waals surface area contributed by atoms with E-state index in [2.05, 4.69) is 36.4 Å². The largest absolute Gasteiger partial charge is 0.0882 e. The molecule has 0 spiro atoms. The van der Waals surface area contributed by atoms with Crippen molar-refractivity contribution >= 4 is 11.6 Å². The molecule has 0 N–H and O–H groups in total. The highest BCUT2D eigenvalue weighted by Gasteiger charge is 2.35. The van der Waals surface area contributed by atoms with Gasteiger partial charge >= 0.3 is 0 Å². The molecule has 0 aliphatic heterocycles. The molecule has 0 amide bonds. The van der Waals surface area contributed by atoms with Crippen molar-refractivity contribution in [3.8, 4) is 0 Å². The van der Waals surface area contributed by atoms with E-state index in [1.54, 1.807) is 5.57 Å². The lowest BCUT2D eigenvalue weighted by molar-refractivity contribution is 0.222. The molecule has 1 saturated carbocycles. The van der Waals surface area contributed by atoms with Crippen LogP contribution in [-0.4, -0.2) is 0 Å². The molecule has 114 valence electrons. The first kappa shape index (κ1) is 14.3. The molecule has 3 atom stereocenters. The Hall–Kier alpha value is -1.27. The fourth-order valence-corrected chi connectivity index (χ4v) is 4.76. The van der Waals surface area contributed by atoms with Crippen LogP contribution in [0, 0.1) is 17.8 Å². The quantitative estimate of drug-likeness (QED) is 0.576. The van der Waals surface area contributed by atoms with Crippen molar-refractivity contribution in [3.63, 3.8) is 0 Å². The Morgan fingerprint density at radius 3 is 2.64 bits per heavy atom. The Labute approximate surface area is 138 Å². The molecule has 22 heavy (non-hydrogen) atoms. The van der Waals surface area contributed by atoms with E-state index in [9.17, 15) is 0 Å². The number of rotatable bonds is 2. The summed E-state index contributed by atoms with van der Waals surface area (Å²) in [5.41, 5.74) is 4.54. The summed E-state index contributed by atoms with van der Waals surface area (Å²) in [4.78, 5) is 0. The highest BCUT2D eigenvalue weighted by atomic mass is 35.5. The smallest absolute Gasteiger partial charge is 0.0441 e. The maximum atomic E-state index is 6.37. The number of allylic oxidation sites excluding steroid dienone is 6. The first-order chi connectivity index (χ1) is 10.8. The minimum Gasteiger partial charge on any atom is -0.0882 e. The van der Waals surface area contributed by atoms with Crippen molar-refractivity contribution < 1.29 is 0 Å². The molecule has 3 aliphatic rings. The SMILES string of the molecule is Clc1ccccc1CC1=C2CC3CC=CCC3CC2CC=C1. The third-order valence-corrected chi connectivity index (χ3v) is 6.13. The molecule has 0 bridgehead atoms. The molecule has 1 fully saturated rings. The summed E-state index contributed by atoms with van der Waals surface area (Å²) < 4.78 is 0. The molecule has 1 heteroatoms. The van der Waals surface area contributed by atoms with Gasteiger partial charge in [-0.1, -0.05) is 59.7 Å². The van der Waals surface area contributed by atoms with E-state index in [1.807, 2.05) is 12.1 Å². The molecule has 0 radical (unpaired) electrons. The summed E-state index contributed by atoms with van der Waals surface area (Å²) in [5.74, 6) is 2.59. The van der Waals surface area contributed by atoms with E-state index < -0.39 is 0 Å². The zero-order valence-electron chi connectivity index (χ0n) is 13.0. The van der Waals surface area contributed by atoms with Crippen LogP contribution in [0.3, 0.4) is 0 Å². The molecule has 1 aromatic rings. The van der Waals surface area contributed by atoms with Crippen LogP contribution in [-0.2, 0) is 6.42 Å². The van der Waals surface area contributed by atoms with Gasteiger partial charge in [0.1, 0.15) is 0 Å². The Balaban J connectivity index is 1.63. The second kappa shape index (κ2) is 6.08. The Morgan fingerprint density at radius 2 is 1.77 bits per heavy atom. The van der Waals surface area contributed by atoms with Crippen LogP contribution in [0.5, 0.6) is 0 Å². The van der Waals surface area contributed by atoms with E-state index in [0.717, 1.165) is 29.2 Å². The Kier molecular flexibility index (Phi) is 3.96. The molecule has 0 nitrogen and oxygen atoms in total. The van der Waals surface area contributed by atoms with Gasteiger partial charge in [-0.2, -0.15) is 0 Å². The molecule has 0 aromatic heterocycles. The monoisotopic (exact) mass is 310 g/mol. The van der Waals surface area contributed by atoms with Crippen molar-refractivity contribution in [2.75, 3.05) is 0 Å². The first-order valence-electron chi connectivity index (χ1n) is 8.58. The van der Waals surface area contributed by atoms with Gasteiger partial charge in [0.2, 0.25) is 0 Å². The van der Waals surface area contributed by atoms with E-state index in [-0.39, 0.29) is 0 Å². The summed E-state index contributed by atoms with van der Waals surface area (Å²) in [6, 6.07) is 8.29. The molecule has 4 rings (SSSR count). The predicted molar refractivity (Wildman–Crippen MR) is 94.0 cm³/mol. The highest BCUT2D eigenvalue weighted by Crippen LogP contribution is 2.47. The van der Waals surface area contributed by atoms with Gasteiger partial charge in [0, 0.05) is 5.02 Å². The highest BCUT2D eigenvalue weighted by molar-refractivity contribution is 6.31. The first-order valence-corrected chi connectivity index (χ1v) is 8.96. The molecule has 1 aromatic carbocycles. The van der Waals surface area contributed by atoms with Gasteiger partial charge in [0.25, 0.3) is 0 Å². The van der Waals surface area contributed by atoms with Gasteiger partial charge in [-0.25, -0.2) is 0 Å². The van der Waals surface area contributed by atoms with Gasteiger partial charge in [-0.15, -0.1) is 0 Å². The van der Waals surface area contributed by atoms with Gasteiger partial charge in [0.05, 0.1) is 0 Å². The maximum Gasteiger partial charge on any atom is 0.0441 e. The topological polar surface area (TPSA) is 0 Å². The summed E-state index contributed by atoms with van der Waals surface area (Å²) in [6.07, 6.45) is 17.1. The standard InChI is InChI=1S/C21H23Cl/c22-21-11-4-3-8-19(21)13-18-10-5-9-17-12-15-6-1-2-7-16(15)14-20(17)18/h1-5,8,10-11,15-17H,6-7,9,12-14H2. The average Bonchev–Trinajstić information content (AvgIpc) is 2.55. The zero-order valence-corrected chi connectivity index (χ0v) is 13.7. The van der Waals surface area contributed by atoms with Crippen molar-refractivity contribution in [2.24, 2.45) is 17.8 Å². The lowest BCUT2D eigenvalue weighted by atomic mass is 9.64. The predicted octanol–water partition coefficient (Wildman–Crippen LogP) is 6.13. The second-order valence-electron chi connectivity index (χ2n) is 7.06. The summed E-state index contributed by atoms with van der Waals surface area (Å²) >= 11 is 6.37. The fraction of sp³-hybridized carbons (Fsp3) is 0.429. The zero-order chi connectivity index (χ0) is 14.9. The third-order valence-electron chi connectivity index (χ3n) is 5.76. The molecule has 3 unspecified atom stereocenters. The number of fused-ring (bicyclic) bond motifs is 2. The van der Waals surface area contributed by atoms with E-state index >= 15 is 0 Å². The lowest BCUT2D eigenvalue weighted by Crippen LogP contribution is -2.29. The summed E-state index contributed by atoms with van der Waals surface area (Å²) in [5, 5.41) is 0.903. The van der Waals surface area contributed by atoms with Crippen LogP contribution in [0.2, 0.25) is 5.02 Å². The van der Waals surface area contributed by atoms with Crippen LogP contribution in [0.1, 0.15) is 37.7 Å².